The molecule has 0 atom stereocenters. The van der Waals surface area contributed by atoms with E-state index in [0.29, 0.717) is 0 Å². The smallest absolute Gasteiger partial charge is 0.128 e. The van der Waals surface area contributed by atoms with E-state index in [2.05, 4.69) is 37.8 Å². The van der Waals surface area contributed by atoms with Gasteiger partial charge in [-0.15, -0.1) is 0 Å². The van der Waals surface area contributed by atoms with Gasteiger partial charge in [-0.05, 0) is 54.0 Å². The lowest BCUT2D eigenvalue weighted by Crippen LogP contribution is -2.31. The first-order chi connectivity index (χ1) is 7.75. The summed E-state index contributed by atoms with van der Waals surface area (Å²) in [6.07, 6.45) is 4.57. The Bertz CT molecular complexity index is 320. The minimum atomic E-state index is 1.03. The average molecular weight is 284 g/mol. The SMILES string of the molecule is CN(CCN1CCCC1)c1ccc(Br)cn1. The van der Waals surface area contributed by atoms with Crippen molar-refractivity contribution in [3.8, 4) is 0 Å². The van der Waals surface area contributed by atoms with Gasteiger partial charge >= 0.3 is 0 Å². The highest BCUT2D eigenvalue weighted by molar-refractivity contribution is 9.10. The minimum absolute atomic E-state index is 1.03. The second-order valence-electron chi connectivity index (χ2n) is 4.30. The minimum Gasteiger partial charge on any atom is -0.358 e. The molecule has 88 valence electrons. The Balaban J connectivity index is 1.82. The van der Waals surface area contributed by atoms with Gasteiger partial charge in [0.25, 0.3) is 0 Å². The van der Waals surface area contributed by atoms with Crippen LogP contribution in [0.4, 0.5) is 5.82 Å². The highest BCUT2D eigenvalue weighted by atomic mass is 79.9. The van der Waals surface area contributed by atoms with Gasteiger partial charge in [-0.1, -0.05) is 0 Å². The molecule has 0 unspecified atom stereocenters. The van der Waals surface area contributed by atoms with Crippen molar-refractivity contribution in [3.05, 3.63) is 22.8 Å². The predicted octanol–water partition coefficient (Wildman–Crippen LogP) is 2.38. The van der Waals surface area contributed by atoms with Crippen LogP contribution in [0.3, 0.4) is 0 Å². The van der Waals surface area contributed by atoms with Crippen molar-refractivity contribution in [2.45, 2.75) is 12.8 Å². The van der Waals surface area contributed by atoms with E-state index in [-0.39, 0.29) is 0 Å². The zero-order valence-corrected chi connectivity index (χ0v) is 11.3. The summed E-state index contributed by atoms with van der Waals surface area (Å²) < 4.78 is 1.03. The van der Waals surface area contributed by atoms with Crippen molar-refractivity contribution in [2.75, 3.05) is 38.1 Å². The molecule has 0 aliphatic carbocycles. The number of likely N-dealkylation sites (tertiary alicyclic amines) is 1. The molecule has 0 radical (unpaired) electrons. The third-order valence-electron chi connectivity index (χ3n) is 3.05. The maximum absolute atomic E-state index is 4.38. The molecule has 1 aliphatic rings. The molecule has 1 saturated heterocycles. The Kier molecular flexibility index (Phi) is 4.18. The van der Waals surface area contributed by atoms with Crippen LogP contribution in [0.1, 0.15) is 12.8 Å². The van der Waals surface area contributed by atoms with Gasteiger partial charge in [0.2, 0.25) is 0 Å². The molecule has 2 rings (SSSR count). The van der Waals surface area contributed by atoms with Crippen LogP contribution in [0, 0.1) is 0 Å². The first-order valence-electron chi connectivity index (χ1n) is 5.81. The number of anilines is 1. The summed E-state index contributed by atoms with van der Waals surface area (Å²) in [5.41, 5.74) is 0. The number of pyridine rings is 1. The molecule has 1 fully saturated rings. The summed E-state index contributed by atoms with van der Waals surface area (Å²) in [5, 5.41) is 0. The van der Waals surface area contributed by atoms with Crippen molar-refractivity contribution >= 4 is 21.7 Å². The number of hydrogen-bond donors (Lipinski definition) is 0. The van der Waals surface area contributed by atoms with Crippen LogP contribution >= 0.6 is 15.9 Å². The Labute approximate surface area is 106 Å². The van der Waals surface area contributed by atoms with Crippen LogP contribution in [0.25, 0.3) is 0 Å². The van der Waals surface area contributed by atoms with Crippen LogP contribution in [0.5, 0.6) is 0 Å². The monoisotopic (exact) mass is 283 g/mol. The topological polar surface area (TPSA) is 19.4 Å². The van der Waals surface area contributed by atoms with Crippen LogP contribution in [0.15, 0.2) is 22.8 Å². The van der Waals surface area contributed by atoms with Gasteiger partial charge in [-0.3, -0.25) is 0 Å². The molecule has 0 spiro atoms. The van der Waals surface area contributed by atoms with Crippen molar-refractivity contribution in [1.82, 2.24) is 9.88 Å². The number of hydrogen-bond acceptors (Lipinski definition) is 3. The van der Waals surface area contributed by atoms with E-state index in [1.807, 2.05) is 18.3 Å². The van der Waals surface area contributed by atoms with E-state index in [1.165, 1.54) is 25.9 Å². The summed E-state index contributed by atoms with van der Waals surface area (Å²) in [5.74, 6) is 1.04. The molecule has 4 heteroatoms. The van der Waals surface area contributed by atoms with Crippen molar-refractivity contribution in [1.29, 1.82) is 0 Å². The van der Waals surface area contributed by atoms with Gasteiger partial charge in [0.05, 0.1) is 0 Å². The second-order valence-corrected chi connectivity index (χ2v) is 5.22. The molecular formula is C12H18BrN3. The predicted molar refractivity (Wildman–Crippen MR) is 70.9 cm³/mol. The van der Waals surface area contributed by atoms with Crippen LogP contribution in [-0.4, -0.2) is 43.1 Å². The normalized spacial score (nSPS) is 16.6. The fraction of sp³-hybridized carbons (Fsp3) is 0.583. The Morgan fingerprint density at radius 1 is 1.38 bits per heavy atom. The molecule has 16 heavy (non-hydrogen) atoms. The Morgan fingerprint density at radius 3 is 2.75 bits per heavy atom. The van der Waals surface area contributed by atoms with E-state index < -0.39 is 0 Å². The van der Waals surface area contributed by atoms with E-state index in [1.54, 1.807) is 0 Å². The summed E-state index contributed by atoms with van der Waals surface area (Å²) in [6.45, 7) is 4.73. The molecule has 1 aromatic rings. The van der Waals surface area contributed by atoms with Gasteiger partial charge < -0.3 is 9.80 Å². The lowest BCUT2D eigenvalue weighted by atomic mass is 10.4. The molecule has 3 nitrogen and oxygen atoms in total. The zero-order valence-electron chi connectivity index (χ0n) is 9.69. The first-order valence-corrected chi connectivity index (χ1v) is 6.60. The van der Waals surface area contributed by atoms with Gasteiger partial charge in [0.1, 0.15) is 5.82 Å². The molecule has 1 aliphatic heterocycles. The summed E-state index contributed by atoms with van der Waals surface area (Å²) in [4.78, 5) is 9.12. The van der Waals surface area contributed by atoms with Crippen molar-refractivity contribution in [2.24, 2.45) is 0 Å². The summed E-state index contributed by atoms with van der Waals surface area (Å²) in [7, 11) is 2.10. The van der Waals surface area contributed by atoms with Gasteiger partial charge in [-0.2, -0.15) is 0 Å². The standard InChI is InChI=1S/C12H18BrN3/c1-15(8-9-16-6-2-3-7-16)12-5-4-11(13)10-14-12/h4-5,10H,2-3,6-9H2,1H3. The number of halogens is 1. The zero-order chi connectivity index (χ0) is 11.4. The van der Waals surface area contributed by atoms with E-state index in [9.17, 15) is 0 Å². The Morgan fingerprint density at radius 2 is 2.12 bits per heavy atom. The van der Waals surface area contributed by atoms with Gasteiger partial charge in [0.15, 0.2) is 0 Å². The highest BCUT2D eigenvalue weighted by Crippen LogP contribution is 2.14. The summed E-state index contributed by atoms with van der Waals surface area (Å²) in [6, 6.07) is 4.09. The molecule has 0 amide bonds. The average Bonchev–Trinajstić information content (AvgIpc) is 2.80. The number of rotatable bonds is 4. The largest absolute Gasteiger partial charge is 0.358 e. The maximum Gasteiger partial charge on any atom is 0.128 e. The quantitative estimate of drug-likeness (QED) is 0.846. The molecule has 0 aromatic carbocycles. The van der Waals surface area contributed by atoms with Crippen molar-refractivity contribution in [3.63, 3.8) is 0 Å². The van der Waals surface area contributed by atoms with E-state index in [4.69, 9.17) is 0 Å². The lowest BCUT2D eigenvalue weighted by Gasteiger charge is -2.22. The highest BCUT2D eigenvalue weighted by Gasteiger charge is 2.12. The first kappa shape index (κ1) is 11.9. The molecule has 0 bridgehead atoms. The second kappa shape index (κ2) is 5.64. The van der Waals surface area contributed by atoms with Crippen LogP contribution in [0.2, 0.25) is 0 Å². The molecule has 2 heterocycles. The number of aromatic nitrogens is 1. The third-order valence-corrected chi connectivity index (χ3v) is 3.52. The number of likely N-dealkylation sites (N-methyl/N-ethyl adjacent to an activating group) is 1. The van der Waals surface area contributed by atoms with Crippen LogP contribution in [-0.2, 0) is 0 Å². The van der Waals surface area contributed by atoms with E-state index in [0.717, 1.165) is 23.4 Å². The fourth-order valence-electron chi connectivity index (χ4n) is 2.01. The lowest BCUT2D eigenvalue weighted by molar-refractivity contribution is 0.346. The van der Waals surface area contributed by atoms with E-state index >= 15 is 0 Å². The van der Waals surface area contributed by atoms with Gasteiger partial charge in [0, 0.05) is 30.8 Å². The maximum atomic E-state index is 4.38. The van der Waals surface area contributed by atoms with Gasteiger partial charge in [-0.25, -0.2) is 4.98 Å². The molecular weight excluding hydrogens is 266 g/mol. The van der Waals surface area contributed by atoms with Crippen LogP contribution < -0.4 is 4.90 Å². The summed E-state index contributed by atoms with van der Waals surface area (Å²) >= 11 is 3.40. The molecule has 1 aromatic heterocycles. The third kappa shape index (κ3) is 3.19. The van der Waals surface area contributed by atoms with Crippen molar-refractivity contribution < 1.29 is 0 Å². The molecule has 0 saturated carbocycles. The number of nitrogens with zero attached hydrogens (tertiary/aromatic N) is 3. The molecule has 0 N–H and O–H groups in total. The Hall–Kier alpha value is -0.610. The fourth-order valence-corrected chi connectivity index (χ4v) is 2.24.